The Labute approximate surface area is 142 Å². The van der Waals surface area contributed by atoms with Gasteiger partial charge in [-0.25, -0.2) is 9.18 Å². The predicted molar refractivity (Wildman–Crippen MR) is 92.6 cm³/mol. The fourth-order valence-corrected chi connectivity index (χ4v) is 3.06. The number of amides is 3. The molecule has 6 nitrogen and oxygen atoms in total. The van der Waals surface area contributed by atoms with E-state index in [-0.39, 0.29) is 17.6 Å². The van der Waals surface area contributed by atoms with Crippen molar-refractivity contribution in [1.82, 2.24) is 9.80 Å². The molecule has 1 heterocycles. The van der Waals surface area contributed by atoms with Gasteiger partial charge in [-0.2, -0.15) is 0 Å². The maximum Gasteiger partial charge on any atom is 0.321 e. The number of benzene rings is 1. The first-order valence-corrected chi connectivity index (χ1v) is 8.31. The Balaban J connectivity index is 2.01. The van der Waals surface area contributed by atoms with Gasteiger partial charge in [-0.1, -0.05) is 13.8 Å². The fraction of sp³-hybridized carbons (Fsp3) is 0.529. The number of hydrogen-bond donors (Lipinski definition) is 2. The fourth-order valence-electron chi connectivity index (χ4n) is 3.06. The number of nitrogens with one attached hydrogen (secondary N) is 2. The van der Waals surface area contributed by atoms with Crippen LogP contribution in [0.4, 0.5) is 20.6 Å². The second kappa shape index (κ2) is 8.10. The topological polar surface area (TPSA) is 64.7 Å². The number of carbonyl (C=O) groups excluding carboxylic acids is 2. The number of carbonyl (C=O) groups is 2. The van der Waals surface area contributed by atoms with Crippen LogP contribution in [0.15, 0.2) is 18.2 Å². The number of rotatable bonds is 5. The Hall–Kier alpha value is -2.15. The molecular weight excluding hydrogens is 311 g/mol. The second-order valence-corrected chi connectivity index (χ2v) is 5.92. The molecule has 3 amide bonds. The molecule has 24 heavy (non-hydrogen) atoms. The highest BCUT2D eigenvalue weighted by molar-refractivity contribution is 5.92. The molecule has 0 radical (unpaired) electrons. The third kappa shape index (κ3) is 4.44. The van der Waals surface area contributed by atoms with E-state index in [1.54, 1.807) is 4.90 Å². The molecule has 1 atom stereocenters. The lowest BCUT2D eigenvalue weighted by Crippen LogP contribution is -2.39. The maximum absolute atomic E-state index is 13.9. The van der Waals surface area contributed by atoms with Gasteiger partial charge in [0.1, 0.15) is 5.82 Å². The van der Waals surface area contributed by atoms with Crippen molar-refractivity contribution in [1.29, 1.82) is 0 Å². The van der Waals surface area contributed by atoms with Crippen molar-refractivity contribution in [2.75, 3.05) is 36.8 Å². The zero-order chi connectivity index (χ0) is 17.7. The Bertz CT molecular complexity index is 604. The quantitative estimate of drug-likeness (QED) is 0.869. The summed E-state index contributed by atoms with van der Waals surface area (Å²) >= 11 is 0. The van der Waals surface area contributed by atoms with E-state index in [1.807, 2.05) is 0 Å². The van der Waals surface area contributed by atoms with Crippen LogP contribution in [-0.2, 0) is 4.79 Å². The van der Waals surface area contributed by atoms with Gasteiger partial charge in [-0.05, 0) is 37.7 Å². The van der Waals surface area contributed by atoms with Gasteiger partial charge in [0.15, 0.2) is 0 Å². The van der Waals surface area contributed by atoms with Gasteiger partial charge in [0.2, 0.25) is 5.91 Å². The third-order valence-electron chi connectivity index (χ3n) is 4.31. The predicted octanol–water partition coefficient (Wildman–Crippen LogP) is 2.73. The number of likely N-dealkylation sites (tertiary alicyclic amines) is 1. The average Bonchev–Trinajstić information content (AvgIpc) is 3.01. The van der Waals surface area contributed by atoms with Crippen LogP contribution in [0.1, 0.15) is 27.2 Å². The van der Waals surface area contributed by atoms with Crippen LogP contribution in [0.5, 0.6) is 0 Å². The van der Waals surface area contributed by atoms with Crippen LogP contribution in [0.2, 0.25) is 0 Å². The smallest absolute Gasteiger partial charge is 0.321 e. The lowest BCUT2D eigenvalue weighted by molar-refractivity contribution is -0.114. The first kappa shape index (κ1) is 18.2. The van der Waals surface area contributed by atoms with E-state index in [1.165, 1.54) is 25.1 Å². The van der Waals surface area contributed by atoms with Crippen LogP contribution in [0, 0.1) is 5.82 Å². The normalized spacial score (nSPS) is 17.2. The van der Waals surface area contributed by atoms with E-state index >= 15 is 0 Å². The largest absolute Gasteiger partial charge is 0.326 e. The summed E-state index contributed by atoms with van der Waals surface area (Å²) < 4.78 is 13.9. The molecule has 0 spiro atoms. The summed E-state index contributed by atoms with van der Waals surface area (Å²) in [6.07, 6.45) is 0.920. The molecule has 7 heteroatoms. The first-order chi connectivity index (χ1) is 11.4. The maximum atomic E-state index is 13.9. The van der Waals surface area contributed by atoms with Crippen LogP contribution in [0.3, 0.4) is 0 Å². The summed E-state index contributed by atoms with van der Waals surface area (Å²) in [6, 6.07) is 4.14. The van der Waals surface area contributed by atoms with Crippen molar-refractivity contribution in [3.63, 3.8) is 0 Å². The Morgan fingerprint density at radius 3 is 2.62 bits per heavy atom. The monoisotopic (exact) mass is 336 g/mol. The molecule has 1 fully saturated rings. The number of nitrogens with zero attached hydrogens (tertiary/aromatic N) is 2. The minimum absolute atomic E-state index is 0.0672. The van der Waals surface area contributed by atoms with Gasteiger partial charge in [-0.15, -0.1) is 0 Å². The highest BCUT2D eigenvalue weighted by atomic mass is 19.1. The molecule has 0 bridgehead atoms. The number of hydrogen-bond acceptors (Lipinski definition) is 3. The molecule has 1 aliphatic heterocycles. The summed E-state index contributed by atoms with van der Waals surface area (Å²) in [5.41, 5.74) is 0.513. The Morgan fingerprint density at radius 2 is 2.00 bits per heavy atom. The van der Waals surface area contributed by atoms with Crippen LogP contribution in [0.25, 0.3) is 0 Å². The highest BCUT2D eigenvalue weighted by Crippen LogP contribution is 2.22. The molecule has 1 saturated heterocycles. The Morgan fingerprint density at radius 1 is 1.29 bits per heavy atom. The van der Waals surface area contributed by atoms with Gasteiger partial charge in [0.05, 0.1) is 5.69 Å². The van der Waals surface area contributed by atoms with E-state index in [2.05, 4.69) is 29.4 Å². The van der Waals surface area contributed by atoms with Crippen LogP contribution in [-0.4, -0.2) is 54.0 Å². The molecular formula is C17H25FN4O2. The number of anilines is 2. The first-order valence-electron chi connectivity index (χ1n) is 8.31. The van der Waals surface area contributed by atoms with Crippen molar-refractivity contribution >= 4 is 23.3 Å². The van der Waals surface area contributed by atoms with Gasteiger partial charge in [-0.3, -0.25) is 9.69 Å². The summed E-state index contributed by atoms with van der Waals surface area (Å²) in [7, 11) is 0. The van der Waals surface area contributed by atoms with Crippen molar-refractivity contribution in [2.24, 2.45) is 0 Å². The molecule has 0 unspecified atom stereocenters. The van der Waals surface area contributed by atoms with E-state index in [9.17, 15) is 14.0 Å². The number of urea groups is 1. The second-order valence-electron chi connectivity index (χ2n) is 5.92. The standard InChI is InChI=1S/C17H25FN4O2/c1-4-21(5-2)14-8-9-22(11-14)17(24)20-16-10-13(19-12(3)23)6-7-15(16)18/h6-7,10,14H,4-5,8-9,11H2,1-3H3,(H,19,23)(H,20,24)/t14-/m1/s1. The van der Waals surface area contributed by atoms with E-state index < -0.39 is 5.82 Å². The average molecular weight is 336 g/mol. The van der Waals surface area contributed by atoms with Crippen molar-refractivity contribution in [3.8, 4) is 0 Å². The minimum Gasteiger partial charge on any atom is -0.326 e. The third-order valence-corrected chi connectivity index (χ3v) is 4.31. The molecule has 0 saturated carbocycles. The van der Waals surface area contributed by atoms with Crippen molar-refractivity contribution in [3.05, 3.63) is 24.0 Å². The molecule has 1 aromatic carbocycles. The van der Waals surface area contributed by atoms with Crippen LogP contribution >= 0.6 is 0 Å². The number of likely N-dealkylation sites (N-methyl/N-ethyl adjacent to an activating group) is 1. The molecule has 0 aromatic heterocycles. The zero-order valence-corrected chi connectivity index (χ0v) is 14.4. The van der Waals surface area contributed by atoms with Gasteiger partial charge in [0.25, 0.3) is 0 Å². The molecule has 1 aliphatic rings. The highest BCUT2D eigenvalue weighted by Gasteiger charge is 2.29. The summed E-state index contributed by atoms with van der Waals surface area (Å²) in [5, 5.41) is 5.18. The molecule has 1 aromatic rings. The van der Waals surface area contributed by atoms with Gasteiger partial charge >= 0.3 is 6.03 Å². The molecule has 132 valence electrons. The molecule has 0 aliphatic carbocycles. The summed E-state index contributed by atoms with van der Waals surface area (Å²) in [6.45, 7) is 8.78. The Kier molecular flexibility index (Phi) is 6.14. The van der Waals surface area contributed by atoms with E-state index in [0.717, 1.165) is 19.5 Å². The van der Waals surface area contributed by atoms with Gasteiger partial charge < -0.3 is 15.5 Å². The van der Waals surface area contributed by atoms with Crippen LogP contribution < -0.4 is 10.6 Å². The number of halogens is 1. The molecule has 2 rings (SSSR count). The lowest BCUT2D eigenvalue weighted by Gasteiger charge is -2.26. The SMILES string of the molecule is CCN(CC)[C@@H]1CCN(C(=O)Nc2cc(NC(C)=O)ccc2F)C1. The summed E-state index contributed by atoms with van der Waals surface area (Å²) in [4.78, 5) is 27.5. The lowest BCUT2D eigenvalue weighted by atomic mass is 10.2. The van der Waals surface area contributed by atoms with Crippen molar-refractivity contribution < 1.29 is 14.0 Å². The zero-order valence-electron chi connectivity index (χ0n) is 14.4. The summed E-state index contributed by atoms with van der Waals surface area (Å²) in [5.74, 6) is -0.780. The van der Waals surface area contributed by atoms with E-state index in [4.69, 9.17) is 0 Å². The van der Waals surface area contributed by atoms with Gasteiger partial charge in [0, 0.05) is 31.7 Å². The van der Waals surface area contributed by atoms with E-state index in [0.29, 0.717) is 24.8 Å². The molecule has 2 N–H and O–H groups in total. The minimum atomic E-state index is -0.531. The van der Waals surface area contributed by atoms with Crippen molar-refractivity contribution in [2.45, 2.75) is 33.2 Å².